The van der Waals surface area contributed by atoms with E-state index in [9.17, 15) is 13.2 Å². The number of sulfone groups is 1. The maximum absolute atomic E-state index is 13.2. The second-order valence-corrected chi connectivity index (χ2v) is 11.7. The third kappa shape index (κ3) is 3.86. The maximum Gasteiger partial charge on any atom is 0.410 e. The lowest BCUT2D eigenvalue weighted by Gasteiger charge is -2.33. The van der Waals surface area contributed by atoms with Gasteiger partial charge in [-0.1, -0.05) is 66.7 Å². The molecule has 0 saturated carbocycles. The second kappa shape index (κ2) is 8.38. The van der Waals surface area contributed by atoms with Gasteiger partial charge in [0.05, 0.1) is 10.9 Å². The van der Waals surface area contributed by atoms with Crippen molar-refractivity contribution in [3.63, 3.8) is 0 Å². The number of benzene rings is 3. The lowest BCUT2D eigenvalue weighted by Crippen LogP contribution is -2.43. The van der Waals surface area contributed by atoms with Crippen molar-refractivity contribution in [2.24, 2.45) is 0 Å². The molecule has 6 rings (SSSR count). The van der Waals surface area contributed by atoms with Gasteiger partial charge in [0.15, 0.2) is 9.84 Å². The summed E-state index contributed by atoms with van der Waals surface area (Å²) < 4.78 is 29.5. The van der Waals surface area contributed by atoms with Crippen LogP contribution in [-0.4, -0.2) is 44.4 Å². The smallest absolute Gasteiger partial charge is 0.410 e. The summed E-state index contributed by atoms with van der Waals surface area (Å²) in [6, 6.07) is 23.9. The predicted molar refractivity (Wildman–Crippen MR) is 136 cm³/mol. The highest BCUT2D eigenvalue weighted by Crippen LogP contribution is 2.45. The van der Waals surface area contributed by atoms with Crippen LogP contribution in [0.1, 0.15) is 41.9 Å². The largest absolute Gasteiger partial charge is 0.448 e. The van der Waals surface area contributed by atoms with Crippen LogP contribution in [0.2, 0.25) is 0 Å². The predicted octanol–water partition coefficient (Wildman–Crippen LogP) is 5.66. The summed E-state index contributed by atoms with van der Waals surface area (Å²) in [5.41, 5.74) is 7.04. The lowest BCUT2D eigenvalue weighted by molar-refractivity contribution is 0.0866. The fraction of sp³-hybridized carbons (Fsp3) is 0.276. The molecule has 5 nitrogen and oxygen atoms in total. The van der Waals surface area contributed by atoms with Gasteiger partial charge in [-0.05, 0) is 64.8 Å². The molecule has 2 bridgehead atoms. The van der Waals surface area contributed by atoms with E-state index in [2.05, 4.69) is 30.3 Å². The van der Waals surface area contributed by atoms with Crippen LogP contribution in [-0.2, 0) is 14.6 Å². The molecule has 2 unspecified atom stereocenters. The summed E-state index contributed by atoms with van der Waals surface area (Å²) in [6.45, 7) is 0.326. The van der Waals surface area contributed by atoms with E-state index in [1.807, 2.05) is 41.3 Å². The first-order valence-electron chi connectivity index (χ1n) is 12.0. The van der Waals surface area contributed by atoms with Gasteiger partial charge < -0.3 is 4.74 Å². The minimum absolute atomic E-state index is 0.00832. The Morgan fingerprint density at radius 1 is 0.914 bits per heavy atom. The number of hydrogen-bond donors (Lipinski definition) is 0. The Balaban J connectivity index is 1.18. The molecule has 6 heteroatoms. The zero-order valence-corrected chi connectivity index (χ0v) is 20.4. The van der Waals surface area contributed by atoms with Crippen molar-refractivity contribution in [3.8, 4) is 11.1 Å². The van der Waals surface area contributed by atoms with E-state index in [0.717, 1.165) is 24.8 Å². The van der Waals surface area contributed by atoms with Crippen molar-refractivity contribution in [2.45, 2.75) is 42.2 Å². The number of rotatable bonds is 4. The molecule has 3 aromatic carbocycles. The summed E-state index contributed by atoms with van der Waals surface area (Å²) in [5, 5.41) is 0. The van der Waals surface area contributed by atoms with Crippen molar-refractivity contribution in [2.75, 3.05) is 12.9 Å². The molecule has 0 aromatic heterocycles. The molecule has 0 radical (unpaired) electrons. The Bertz CT molecular complexity index is 1400. The van der Waals surface area contributed by atoms with Crippen molar-refractivity contribution >= 4 is 21.5 Å². The van der Waals surface area contributed by atoms with Crippen LogP contribution in [0.25, 0.3) is 16.7 Å². The van der Waals surface area contributed by atoms with Crippen LogP contribution in [0.15, 0.2) is 83.8 Å². The zero-order chi connectivity index (χ0) is 24.2. The number of carbonyl (C=O) groups excluding carboxylic acids is 1. The minimum atomic E-state index is -3.22. The first-order chi connectivity index (χ1) is 16.9. The first kappa shape index (κ1) is 22.1. The topological polar surface area (TPSA) is 63.7 Å². The number of nitrogens with zero attached hydrogens (tertiary/aromatic N) is 1. The quantitative estimate of drug-likeness (QED) is 0.478. The van der Waals surface area contributed by atoms with Crippen LogP contribution >= 0.6 is 0 Å². The summed E-state index contributed by atoms with van der Waals surface area (Å²) >= 11 is 0. The maximum atomic E-state index is 13.2. The minimum Gasteiger partial charge on any atom is -0.448 e. The third-order valence-electron chi connectivity index (χ3n) is 7.60. The highest BCUT2D eigenvalue weighted by atomic mass is 32.2. The van der Waals surface area contributed by atoms with Gasteiger partial charge in [0.25, 0.3) is 0 Å². The SMILES string of the molecule is CS(=O)(=O)c1ccc(C2=CC3CCC(C2)N3C(=O)OCC2c3ccccc3-c3ccccc32)cc1. The van der Waals surface area contributed by atoms with Gasteiger partial charge in [0, 0.05) is 18.2 Å². The van der Waals surface area contributed by atoms with Crippen LogP contribution in [0.3, 0.4) is 0 Å². The molecule has 2 atom stereocenters. The number of carbonyl (C=O) groups is 1. The lowest BCUT2D eigenvalue weighted by atomic mass is 9.95. The molecule has 0 N–H and O–H groups in total. The molecular weight excluding hydrogens is 458 g/mol. The van der Waals surface area contributed by atoms with Gasteiger partial charge in [-0.2, -0.15) is 0 Å². The highest BCUT2D eigenvalue weighted by molar-refractivity contribution is 7.90. The Kier molecular flexibility index (Phi) is 5.29. The number of hydrogen-bond acceptors (Lipinski definition) is 4. The fourth-order valence-electron chi connectivity index (χ4n) is 5.91. The van der Waals surface area contributed by atoms with E-state index >= 15 is 0 Å². The third-order valence-corrected chi connectivity index (χ3v) is 8.72. The molecule has 1 amide bonds. The van der Waals surface area contributed by atoms with E-state index in [-0.39, 0.29) is 24.1 Å². The Hall–Kier alpha value is -3.38. The van der Waals surface area contributed by atoms with Gasteiger partial charge >= 0.3 is 6.09 Å². The van der Waals surface area contributed by atoms with Crippen molar-refractivity contribution < 1.29 is 17.9 Å². The van der Waals surface area contributed by atoms with Crippen molar-refractivity contribution in [1.82, 2.24) is 4.90 Å². The molecule has 2 heterocycles. The van der Waals surface area contributed by atoms with E-state index in [1.54, 1.807) is 12.1 Å². The van der Waals surface area contributed by atoms with Gasteiger partial charge in [-0.25, -0.2) is 13.2 Å². The molecule has 1 fully saturated rings. The molecule has 178 valence electrons. The van der Waals surface area contributed by atoms with Gasteiger partial charge in [0.2, 0.25) is 0 Å². The Labute approximate surface area is 206 Å². The number of fused-ring (bicyclic) bond motifs is 5. The second-order valence-electron chi connectivity index (χ2n) is 9.70. The van der Waals surface area contributed by atoms with Crippen LogP contribution in [0.5, 0.6) is 0 Å². The molecule has 1 aliphatic carbocycles. The summed E-state index contributed by atoms with van der Waals surface area (Å²) in [4.78, 5) is 15.5. The Morgan fingerprint density at radius 3 is 2.14 bits per heavy atom. The van der Waals surface area contributed by atoms with Gasteiger partial charge in [-0.15, -0.1) is 0 Å². The average Bonchev–Trinajstić information content (AvgIpc) is 3.32. The normalized spacial score (nSPS) is 20.8. The summed E-state index contributed by atoms with van der Waals surface area (Å²) in [5.74, 6) is 0.0493. The van der Waals surface area contributed by atoms with Crippen LogP contribution < -0.4 is 0 Å². The summed E-state index contributed by atoms with van der Waals surface area (Å²) in [6.07, 6.45) is 5.73. The van der Waals surface area contributed by atoms with E-state index in [1.165, 1.54) is 34.1 Å². The number of amides is 1. The standard InChI is InChI=1S/C29H27NO4S/c1-35(32,33)23-14-10-19(11-15-23)20-16-21-12-13-22(17-20)30(21)29(31)34-18-28-26-8-4-2-6-24(26)25-7-3-5-9-27(25)28/h2-11,14-16,21-22,28H,12-13,17-18H2,1H3. The van der Waals surface area contributed by atoms with Crippen molar-refractivity contribution in [1.29, 1.82) is 0 Å². The molecule has 35 heavy (non-hydrogen) atoms. The van der Waals surface area contributed by atoms with Crippen LogP contribution in [0, 0.1) is 0 Å². The molecular formula is C29H27NO4S. The molecule has 0 spiro atoms. The molecule has 3 aliphatic rings. The number of ether oxygens (including phenoxy) is 1. The average molecular weight is 486 g/mol. The zero-order valence-electron chi connectivity index (χ0n) is 19.6. The Morgan fingerprint density at radius 2 is 1.54 bits per heavy atom. The highest BCUT2D eigenvalue weighted by Gasteiger charge is 2.41. The fourth-order valence-corrected chi connectivity index (χ4v) is 6.54. The van der Waals surface area contributed by atoms with Gasteiger partial charge in [0.1, 0.15) is 6.61 Å². The summed E-state index contributed by atoms with van der Waals surface area (Å²) in [7, 11) is -3.22. The molecule has 2 aliphatic heterocycles. The van der Waals surface area contributed by atoms with E-state index in [0.29, 0.717) is 11.5 Å². The monoisotopic (exact) mass is 485 g/mol. The first-order valence-corrected chi connectivity index (χ1v) is 13.9. The molecule has 3 aromatic rings. The van der Waals surface area contributed by atoms with Gasteiger partial charge in [-0.3, -0.25) is 4.90 Å². The van der Waals surface area contributed by atoms with Crippen LogP contribution in [0.4, 0.5) is 4.79 Å². The van der Waals surface area contributed by atoms with Crippen molar-refractivity contribution in [3.05, 3.63) is 95.6 Å². The molecule has 1 saturated heterocycles. The van der Waals surface area contributed by atoms with E-state index < -0.39 is 9.84 Å². The van der Waals surface area contributed by atoms with E-state index in [4.69, 9.17) is 4.74 Å².